The molecule has 0 radical (unpaired) electrons. The van der Waals surface area contributed by atoms with E-state index in [0.717, 1.165) is 23.4 Å². The van der Waals surface area contributed by atoms with Gasteiger partial charge in [-0.3, -0.25) is 0 Å². The summed E-state index contributed by atoms with van der Waals surface area (Å²) in [6.45, 7) is 2.45. The summed E-state index contributed by atoms with van der Waals surface area (Å²) in [5, 5.41) is 4.46. The summed E-state index contributed by atoms with van der Waals surface area (Å²) in [4.78, 5) is 8.62. The lowest BCUT2D eigenvalue weighted by Gasteiger charge is -2.06. The normalized spacial score (nSPS) is 16.7. The fraction of sp³-hybridized carbons (Fsp3) is 0.312. The fourth-order valence-electron chi connectivity index (χ4n) is 2.80. The standard InChI is InChI=1S/C16H16N4O2/c1-10-7-12-4-3-11(8-14(12)22-10)13-5-6-17-16-18-15(9-21-2)19-20(13)16/h3-6,8,10H,7,9H2,1-2H3/t10-/m1/s1. The van der Waals surface area contributed by atoms with Crippen LogP contribution in [0.25, 0.3) is 17.0 Å². The van der Waals surface area contributed by atoms with Gasteiger partial charge in [-0.15, -0.1) is 5.10 Å². The van der Waals surface area contributed by atoms with Gasteiger partial charge < -0.3 is 9.47 Å². The second-order valence-electron chi connectivity index (χ2n) is 5.46. The topological polar surface area (TPSA) is 61.5 Å². The van der Waals surface area contributed by atoms with Gasteiger partial charge in [-0.2, -0.15) is 9.50 Å². The SMILES string of the molecule is COCc1nc2nccc(-c3ccc4c(c3)O[C@H](C)C4)n2n1. The van der Waals surface area contributed by atoms with Crippen LogP contribution in [0.1, 0.15) is 18.3 Å². The highest BCUT2D eigenvalue weighted by molar-refractivity contribution is 5.64. The van der Waals surface area contributed by atoms with Crippen LogP contribution >= 0.6 is 0 Å². The fourth-order valence-corrected chi connectivity index (χ4v) is 2.80. The maximum Gasteiger partial charge on any atom is 0.253 e. The minimum Gasteiger partial charge on any atom is -0.490 e. The molecule has 0 unspecified atom stereocenters. The van der Waals surface area contributed by atoms with Crippen LogP contribution in [0.4, 0.5) is 0 Å². The molecule has 1 aromatic carbocycles. The lowest BCUT2D eigenvalue weighted by molar-refractivity contribution is 0.178. The highest BCUT2D eigenvalue weighted by atomic mass is 16.5. The van der Waals surface area contributed by atoms with E-state index in [4.69, 9.17) is 9.47 Å². The quantitative estimate of drug-likeness (QED) is 0.742. The van der Waals surface area contributed by atoms with Gasteiger partial charge in [-0.25, -0.2) is 4.98 Å². The second-order valence-corrected chi connectivity index (χ2v) is 5.46. The van der Waals surface area contributed by atoms with E-state index < -0.39 is 0 Å². The van der Waals surface area contributed by atoms with E-state index in [2.05, 4.69) is 40.2 Å². The number of methoxy groups -OCH3 is 1. The maximum atomic E-state index is 5.84. The van der Waals surface area contributed by atoms with Crippen LogP contribution in [-0.4, -0.2) is 32.8 Å². The van der Waals surface area contributed by atoms with Crippen molar-refractivity contribution in [3.63, 3.8) is 0 Å². The number of benzene rings is 1. The van der Waals surface area contributed by atoms with Gasteiger partial charge in [0.1, 0.15) is 18.5 Å². The molecule has 4 rings (SSSR count). The molecule has 0 saturated heterocycles. The Labute approximate surface area is 127 Å². The summed E-state index contributed by atoms with van der Waals surface area (Å²) in [5.41, 5.74) is 3.22. The van der Waals surface area contributed by atoms with Crippen LogP contribution in [-0.2, 0) is 17.8 Å². The summed E-state index contributed by atoms with van der Waals surface area (Å²) in [6.07, 6.45) is 2.94. The zero-order valence-electron chi connectivity index (χ0n) is 12.5. The maximum absolute atomic E-state index is 5.84. The minimum absolute atomic E-state index is 0.238. The number of hydrogen-bond acceptors (Lipinski definition) is 5. The van der Waals surface area contributed by atoms with E-state index in [0.29, 0.717) is 18.2 Å². The molecule has 1 aliphatic rings. The van der Waals surface area contributed by atoms with Gasteiger partial charge in [0.25, 0.3) is 5.78 Å². The number of nitrogens with zero attached hydrogens (tertiary/aromatic N) is 4. The monoisotopic (exact) mass is 296 g/mol. The Kier molecular flexibility index (Phi) is 3.04. The molecule has 6 nitrogen and oxygen atoms in total. The molecule has 0 bridgehead atoms. The minimum atomic E-state index is 0.238. The molecule has 1 aliphatic heterocycles. The summed E-state index contributed by atoms with van der Waals surface area (Å²) < 4.78 is 12.7. The highest BCUT2D eigenvalue weighted by Crippen LogP contribution is 2.33. The molecular weight excluding hydrogens is 280 g/mol. The van der Waals surface area contributed by atoms with E-state index in [1.165, 1.54) is 5.56 Å². The van der Waals surface area contributed by atoms with Crippen molar-refractivity contribution >= 4 is 5.78 Å². The number of rotatable bonds is 3. The van der Waals surface area contributed by atoms with Crippen LogP contribution < -0.4 is 4.74 Å². The van der Waals surface area contributed by atoms with E-state index in [9.17, 15) is 0 Å². The molecule has 0 saturated carbocycles. The van der Waals surface area contributed by atoms with E-state index in [1.807, 2.05) is 6.07 Å². The van der Waals surface area contributed by atoms with E-state index in [1.54, 1.807) is 17.8 Å². The van der Waals surface area contributed by atoms with Gasteiger partial charge in [-0.1, -0.05) is 12.1 Å². The van der Waals surface area contributed by atoms with Crippen LogP contribution in [0, 0.1) is 0 Å². The van der Waals surface area contributed by atoms with E-state index in [-0.39, 0.29) is 6.10 Å². The Morgan fingerprint density at radius 1 is 1.36 bits per heavy atom. The molecule has 3 aromatic rings. The number of fused-ring (bicyclic) bond motifs is 2. The smallest absolute Gasteiger partial charge is 0.253 e. The molecule has 0 amide bonds. The van der Waals surface area contributed by atoms with Crippen LogP contribution in [0.3, 0.4) is 0 Å². The number of hydrogen-bond donors (Lipinski definition) is 0. The number of aromatic nitrogens is 4. The predicted octanol–water partition coefficient (Wildman–Crippen LogP) is 2.26. The van der Waals surface area contributed by atoms with Crippen molar-refractivity contribution in [2.24, 2.45) is 0 Å². The van der Waals surface area contributed by atoms with Gasteiger partial charge in [-0.05, 0) is 24.6 Å². The first-order valence-corrected chi connectivity index (χ1v) is 7.24. The lowest BCUT2D eigenvalue weighted by atomic mass is 10.1. The van der Waals surface area contributed by atoms with Crippen molar-refractivity contribution in [1.29, 1.82) is 0 Å². The highest BCUT2D eigenvalue weighted by Gasteiger charge is 2.20. The van der Waals surface area contributed by atoms with Crippen molar-refractivity contribution in [1.82, 2.24) is 19.6 Å². The summed E-state index contributed by atoms with van der Waals surface area (Å²) in [6, 6.07) is 8.20. The molecule has 0 fully saturated rings. The molecule has 1 atom stereocenters. The first kappa shape index (κ1) is 13.2. The molecule has 112 valence electrons. The Balaban J connectivity index is 1.82. The Morgan fingerprint density at radius 2 is 2.27 bits per heavy atom. The van der Waals surface area contributed by atoms with Crippen molar-refractivity contribution in [2.75, 3.05) is 7.11 Å². The first-order chi connectivity index (χ1) is 10.7. The van der Waals surface area contributed by atoms with Crippen molar-refractivity contribution < 1.29 is 9.47 Å². The van der Waals surface area contributed by atoms with Crippen molar-refractivity contribution in [3.05, 3.63) is 41.9 Å². The summed E-state index contributed by atoms with van der Waals surface area (Å²) in [5.74, 6) is 2.14. The van der Waals surface area contributed by atoms with E-state index >= 15 is 0 Å². The lowest BCUT2D eigenvalue weighted by Crippen LogP contribution is -2.05. The van der Waals surface area contributed by atoms with Gasteiger partial charge in [0.05, 0.1) is 5.69 Å². The van der Waals surface area contributed by atoms with Gasteiger partial charge in [0, 0.05) is 25.3 Å². The van der Waals surface area contributed by atoms with Gasteiger partial charge >= 0.3 is 0 Å². The Morgan fingerprint density at radius 3 is 3.14 bits per heavy atom. The molecule has 0 N–H and O–H groups in total. The van der Waals surface area contributed by atoms with Crippen LogP contribution in [0.5, 0.6) is 5.75 Å². The summed E-state index contributed by atoms with van der Waals surface area (Å²) in [7, 11) is 1.62. The largest absolute Gasteiger partial charge is 0.490 e. The van der Waals surface area contributed by atoms with Crippen molar-refractivity contribution in [3.8, 4) is 17.0 Å². The van der Waals surface area contributed by atoms with Crippen molar-refractivity contribution in [2.45, 2.75) is 26.1 Å². The predicted molar refractivity (Wildman–Crippen MR) is 80.7 cm³/mol. The molecule has 22 heavy (non-hydrogen) atoms. The zero-order valence-corrected chi connectivity index (χ0v) is 12.5. The van der Waals surface area contributed by atoms with Gasteiger partial charge in [0.2, 0.25) is 0 Å². The molecule has 3 heterocycles. The number of ether oxygens (including phenoxy) is 2. The third-order valence-electron chi connectivity index (χ3n) is 3.76. The third kappa shape index (κ3) is 2.12. The zero-order chi connectivity index (χ0) is 15.1. The molecule has 0 spiro atoms. The Hall–Kier alpha value is -2.47. The summed E-state index contributed by atoms with van der Waals surface area (Å²) >= 11 is 0. The molecule has 6 heteroatoms. The third-order valence-corrected chi connectivity index (χ3v) is 3.76. The Bertz CT molecular complexity index is 843. The molecular formula is C16H16N4O2. The van der Waals surface area contributed by atoms with Crippen LogP contribution in [0.15, 0.2) is 30.5 Å². The molecule has 0 aliphatic carbocycles. The second kappa shape index (κ2) is 5.06. The molecule has 2 aromatic heterocycles. The van der Waals surface area contributed by atoms with Crippen LogP contribution in [0.2, 0.25) is 0 Å². The average Bonchev–Trinajstić information content (AvgIpc) is 3.07. The van der Waals surface area contributed by atoms with Gasteiger partial charge in [0.15, 0.2) is 5.82 Å². The first-order valence-electron chi connectivity index (χ1n) is 7.24. The average molecular weight is 296 g/mol.